The lowest BCUT2D eigenvalue weighted by molar-refractivity contribution is 0.0599. The largest absolute Gasteiger partial charge is 0.597 e. The molecule has 2 aromatic carbocycles. The summed E-state index contributed by atoms with van der Waals surface area (Å²) in [5.41, 5.74) is 2.09. The van der Waals surface area contributed by atoms with Crippen molar-refractivity contribution >= 4 is 16.4 Å². The summed E-state index contributed by atoms with van der Waals surface area (Å²) in [6, 6.07) is 16.3. The van der Waals surface area contributed by atoms with Crippen molar-refractivity contribution in [1.29, 1.82) is 0 Å². The molecule has 1 aliphatic heterocycles. The second kappa shape index (κ2) is 9.17. The minimum absolute atomic E-state index is 0.104. The average molecular weight is 418 g/mol. The van der Waals surface area contributed by atoms with E-state index in [2.05, 4.69) is 0 Å². The van der Waals surface area contributed by atoms with Gasteiger partial charge in [0.1, 0.15) is 10.4 Å². The molecule has 0 amide bonds. The molecule has 0 aliphatic carbocycles. The standard InChI is InChI=1S/C22H27NO5S/c1-16(2)23-13-20(21(29(23,25)26)18-9-5-4-6-10-18)15-28-14-17-8-7-11-19(12-17)22(24)27-3/h4-12,16,20-21H,13-15H2,1-3H3/t20-,21-/m0/s1. The van der Waals surface area contributed by atoms with Gasteiger partial charge in [-0.2, -0.15) is 0 Å². The molecular weight excluding hydrogens is 390 g/mol. The molecular formula is C22H27NO5S. The zero-order valence-electron chi connectivity index (χ0n) is 16.9. The van der Waals surface area contributed by atoms with E-state index in [1.54, 1.807) is 22.5 Å². The van der Waals surface area contributed by atoms with Gasteiger partial charge in [-0.25, -0.2) is 4.79 Å². The number of benzene rings is 2. The van der Waals surface area contributed by atoms with Crippen molar-refractivity contribution in [2.75, 3.05) is 20.3 Å². The van der Waals surface area contributed by atoms with E-state index in [9.17, 15) is 13.6 Å². The Morgan fingerprint density at radius 3 is 2.59 bits per heavy atom. The highest BCUT2D eigenvalue weighted by molar-refractivity contribution is 7.95. The number of carbonyl (C=O) groups excluding carboxylic acids is 1. The van der Waals surface area contributed by atoms with E-state index in [0.29, 0.717) is 25.3 Å². The Balaban J connectivity index is 1.73. The zero-order valence-corrected chi connectivity index (χ0v) is 17.8. The number of hydrogen-bond acceptors (Lipinski definition) is 5. The summed E-state index contributed by atoms with van der Waals surface area (Å²) < 4.78 is 38.5. The Kier molecular flexibility index (Phi) is 6.85. The molecule has 7 heteroatoms. The molecule has 0 radical (unpaired) electrons. The van der Waals surface area contributed by atoms with E-state index in [0.717, 1.165) is 11.1 Å². The average Bonchev–Trinajstić information content (AvgIpc) is 2.98. The van der Waals surface area contributed by atoms with E-state index in [-0.39, 0.29) is 12.0 Å². The molecule has 0 saturated carbocycles. The van der Waals surface area contributed by atoms with Crippen LogP contribution in [-0.4, -0.2) is 41.1 Å². The van der Waals surface area contributed by atoms with Crippen LogP contribution in [0.3, 0.4) is 0 Å². The number of methoxy groups -OCH3 is 1. The Morgan fingerprint density at radius 1 is 1.21 bits per heavy atom. The molecule has 1 fully saturated rings. The molecule has 156 valence electrons. The van der Waals surface area contributed by atoms with Crippen molar-refractivity contribution in [3.8, 4) is 0 Å². The van der Waals surface area contributed by atoms with Crippen molar-refractivity contribution in [3.05, 3.63) is 71.3 Å². The predicted molar refractivity (Wildman–Crippen MR) is 111 cm³/mol. The molecule has 6 nitrogen and oxygen atoms in total. The zero-order chi connectivity index (χ0) is 21.0. The summed E-state index contributed by atoms with van der Waals surface area (Å²) in [6.07, 6.45) is 0. The van der Waals surface area contributed by atoms with Crippen LogP contribution in [0.2, 0.25) is 0 Å². The smallest absolute Gasteiger partial charge is 0.337 e. The first-order valence-electron chi connectivity index (χ1n) is 9.65. The molecule has 1 saturated heterocycles. The maximum atomic E-state index is 13.2. The highest BCUT2D eigenvalue weighted by Gasteiger charge is 2.52. The van der Waals surface area contributed by atoms with Gasteiger partial charge in [-0.3, -0.25) is 0 Å². The first-order chi connectivity index (χ1) is 13.8. The summed E-state index contributed by atoms with van der Waals surface area (Å²) in [5.74, 6) is -0.570. The summed E-state index contributed by atoms with van der Waals surface area (Å²) >= 11 is 0. The number of esters is 1. The fourth-order valence-corrected chi connectivity index (χ4v) is 6.22. The number of carbonyl (C=O) groups is 1. The molecule has 3 rings (SSSR count). The van der Waals surface area contributed by atoms with E-state index >= 15 is 0 Å². The highest BCUT2D eigenvalue weighted by atomic mass is 32.3. The molecule has 0 N–H and O–H groups in total. The minimum Gasteiger partial charge on any atom is -0.597 e. The van der Waals surface area contributed by atoms with E-state index < -0.39 is 21.6 Å². The molecule has 2 aromatic rings. The van der Waals surface area contributed by atoms with E-state index in [1.807, 2.05) is 50.2 Å². The van der Waals surface area contributed by atoms with Crippen molar-refractivity contribution in [1.82, 2.24) is 4.31 Å². The Bertz CT molecular complexity index is 886. The number of rotatable bonds is 7. The van der Waals surface area contributed by atoms with Crippen LogP contribution in [0.25, 0.3) is 0 Å². The first kappa shape index (κ1) is 21.6. The normalized spacial score (nSPS) is 24.7. The van der Waals surface area contributed by atoms with Crippen molar-refractivity contribution < 1.29 is 23.0 Å². The topological polar surface area (TPSA) is 78.9 Å². The fraction of sp³-hybridized carbons (Fsp3) is 0.409. The number of ether oxygens (including phenoxy) is 2. The van der Waals surface area contributed by atoms with Crippen LogP contribution >= 0.6 is 0 Å². The Hall–Kier alpha value is -2.06. The van der Waals surface area contributed by atoms with Crippen LogP contribution in [0.15, 0.2) is 54.6 Å². The van der Waals surface area contributed by atoms with Gasteiger partial charge in [-0.1, -0.05) is 46.7 Å². The van der Waals surface area contributed by atoms with Gasteiger partial charge in [0.05, 0.1) is 38.3 Å². The van der Waals surface area contributed by atoms with Gasteiger partial charge < -0.3 is 14.0 Å². The molecule has 0 aromatic heterocycles. The third-order valence-electron chi connectivity index (χ3n) is 5.14. The summed E-state index contributed by atoms with van der Waals surface area (Å²) in [7, 11) is -2.11. The van der Waals surface area contributed by atoms with Crippen LogP contribution in [0.1, 0.15) is 40.6 Å². The van der Waals surface area contributed by atoms with Crippen LogP contribution in [-0.2, 0) is 30.7 Å². The van der Waals surface area contributed by atoms with Crippen molar-refractivity contribution in [2.24, 2.45) is 5.92 Å². The lowest BCUT2D eigenvalue weighted by atomic mass is 9.99. The van der Waals surface area contributed by atoms with Gasteiger partial charge in [0.25, 0.3) is 0 Å². The van der Waals surface area contributed by atoms with Crippen LogP contribution in [0, 0.1) is 5.92 Å². The molecule has 0 bridgehead atoms. The first-order valence-corrected chi connectivity index (χ1v) is 11.2. The van der Waals surface area contributed by atoms with Crippen molar-refractivity contribution in [2.45, 2.75) is 31.7 Å². The van der Waals surface area contributed by atoms with E-state index in [1.165, 1.54) is 7.11 Å². The summed E-state index contributed by atoms with van der Waals surface area (Å²) in [5, 5.41) is -0.618. The van der Waals surface area contributed by atoms with Gasteiger partial charge in [0, 0.05) is 11.6 Å². The second-order valence-corrected chi connectivity index (χ2v) is 9.51. The third-order valence-corrected chi connectivity index (χ3v) is 7.67. The quantitative estimate of drug-likeness (QED) is 0.508. The number of nitrogens with zero attached hydrogens (tertiary/aromatic N) is 1. The monoisotopic (exact) mass is 417 g/mol. The summed E-state index contributed by atoms with van der Waals surface area (Å²) in [4.78, 5) is 11.7. The molecule has 3 atom stereocenters. The number of sulfonamides is 1. The minimum atomic E-state index is -3.45. The molecule has 29 heavy (non-hydrogen) atoms. The molecule has 1 heterocycles. The second-order valence-electron chi connectivity index (χ2n) is 7.51. The third kappa shape index (κ3) is 4.75. The highest BCUT2D eigenvalue weighted by Crippen LogP contribution is 2.44. The van der Waals surface area contributed by atoms with Crippen LogP contribution in [0.4, 0.5) is 0 Å². The van der Waals surface area contributed by atoms with Crippen LogP contribution in [0.5, 0.6) is 0 Å². The molecule has 1 unspecified atom stereocenters. The molecule has 1 aliphatic rings. The van der Waals surface area contributed by atoms with Crippen LogP contribution < -0.4 is 0 Å². The van der Waals surface area contributed by atoms with E-state index in [4.69, 9.17) is 9.47 Å². The van der Waals surface area contributed by atoms with Gasteiger partial charge in [-0.05, 0) is 31.5 Å². The van der Waals surface area contributed by atoms with Gasteiger partial charge in [0.2, 0.25) is 0 Å². The molecule has 0 spiro atoms. The SMILES string of the molecule is COC(=O)c1cccc(COC[C@@H]2CN(C(C)C)[S+](=O)([O-])[C@H]2c2ccccc2)c1. The Morgan fingerprint density at radius 2 is 1.93 bits per heavy atom. The Labute approximate surface area is 173 Å². The summed E-state index contributed by atoms with van der Waals surface area (Å²) in [6.45, 7) is 4.82. The van der Waals surface area contributed by atoms with Gasteiger partial charge >= 0.3 is 5.97 Å². The maximum absolute atomic E-state index is 13.2. The van der Waals surface area contributed by atoms with Gasteiger partial charge in [-0.15, -0.1) is 4.31 Å². The lowest BCUT2D eigenvalue weighted by Crippen LogP contribution is -2.37. The maximum Gasteiger partial charge on any atom is 0.337 e. The fourth-order valence-electron chi connectivity index (χ4n) is 3.79. The lowest BCUT2D eigenvalue weighted by Gasteiger charge is -2.27. The van der Waals surface area contributed by atoms with Gasteiger partial charge in [0.15, 0.2) is 5.25 Å². The number of hydrogen-bond donors (Lipinski definition) is 0. The van der Waals surface area contributed by atoms with Crippen molar-refractivity contribution in [3.63, 3.8) is 0 Å². The predicted octanol–water partition coefficient (Wildman–Crippen LogP) is 3.62.